The standard InChI is InChI=1S/C18H33N3O2/c1-16(22)4-3-5-18(23)21-10-7-17(8-11-21)6-9-20-14-12-19(2)13-15-20/h17H,3-15H2,1-2H3. The van der Waals surface area contributed by atoms with Gasteiger partial charge in [-0.1, -0.05) is 0 Å². The largest absolute Gasteiger partial charge is 0.343 e. The highest BCUT2D eigenvalue weighted by atomic mass is 16.2. The van der Waals surface area contributed by atoms with Gasteiger partial charge in [-0.15, -0.1) is 0 Å². The maximum absolute atomic E-state index is 12.1. The van der Waals surface area contributed by atoms with Crippen molar-refractivity contribution in [1.29, 1.82) is 0 Å². The zero-order valence-electron chi connectivity index (χ0n) is 14.9. The molecule has 0 N–H and O–H groups in total. The first kappa shape index (κ1) is 18.4. The second kappa shape index (κ2) is 9.38. The van der Waals surface area contributed by atoms with E-state index in [0.29, 0.717) is 19.3 Å². The molecular weight excluding hydrogens is 290 g/mol. The molecule has 2 aliphatic heterocycles. The summed E-state index contributed by atoms with van der Waals surface area (Å²) in [5.41, 5.74) is 0. The summed E-state index contributed by atoms with van der Waals surface area (Å²) in [6.45, 7) is 9.40. The highest BCUT2D eigenvalue weighted by molar-refractivity contribution is 5.78. The number of hydrogen-bond acceptors (Lipinski definition) is 4. The average Bonchev–Trinajstić information content (AvgIpc) is 2.54. The lowest BCUT2D eigenvalue weighted by atomic mass is 9.93. The van der Waals surface area contributed by atoms with Crippen LogP contribution in [0.3, 0.4) is 0 Å². The zero-order valence-corrected chi connectivity index (χ0v) is 14.9. The Hall–Kier alpha value is -0.940. The first-order valence-corrected chi connectivity index (χ1v) is 9.22. The Bertz CT molecular complexity index is 384. The van der Waals surface area contributed by atoms with Crippen molar-refractivity contribution in [1.82, 2.24) is 14.7 Å². The lowest BCUT2D eigenvalue weighted by Gasteiger charge is -2.35. The molecule has 2 aliphatic rings. The van der Waals surface area contributed by atoms with Crippen molar-refractivity contribution in [2.75, 3.05) is 52.9 Å². The number of carbonyl (C=O) groups is 2. The molecule has 0 unspecified atom stereocenters. The topological polar surface area (TPSA) is 43.9 Å². The minimum atomic E-state index is 0.181. The Labute approximate surface area is 141 Å². The molecule has 0 aliphatic carbocycles. The van der Waals surface area contributed by atoms with Gasteiger partial charge in [0.15, 0.2) is 0 Å². The Balaban J connectivity index is 1.58. The molecule has 23 heavy (non-hydrogen) atoms. The molecule has 2 saturated heterocycles. The van der Waals surface area contributed by atoms with Crippen molar-refractivity contribution in [3.05, 3.63) is 0 Å². The molecule has 5 heteroatoms. The van der Waals surface area contributed by atoms with Gasteiger partial charge >= 0.3 is 0 Å². The van der Waals surface area contributed by atoms with Crippen LogP contribution in [0.2, 0.25) is 0 Å². The van der Waals surface area contributed by atoms with Crippen LogP contribution >= 0.6 is 0 Å². The Morgan fingerprint density at radius 1 is 0.957 bits per heavy atom. The van der Waals surface area contributed by atoms with E-state index in [-0.39, 0.29) is 11.7 Å². The molecule has 0 bridgehead atoms. The van der Waals surface area contributed by atoms with E-state index in [0.717, 1.165) is 31.8 Å². The van der Waals surface area contributed by atoms with Gasteiger partial charge in [0.2, 0.25) is 5.91 Å². The van der Waals surface area contributed by atoms with Crippen LogP contribution < -0.4 is 0 Å². The number of likely N-dealkylation sites (N-methyl/N-ethyl adjacent to an activating group) is 1. The van der Waals surface area contributed by atoms with Gasteiger partial charge in [0.25, 0.3) is 0 Å². The number of carbonyl (C=O) groups excluding carboxylic acids is 2. The second-order valence-electron chi connectivity index (χ2n) is 7.31. The number of amides is 1. The third-order valence-electron chi connectivity index (χ3n) is 5.34. The molecule has 5 nitrogen and oxygen atoms in total. The highest BCUT2D eigenvalue weighted by Crippen LogP contribution is 2.22. The van der Waals surface area contributed by atoms with Crippen LogP contribution in [0.4, 0.5) is 0 Å². The molecule has 0 spiro atoms. The second-order valence-corrected chi connectivity index (χ2v) is 7.31. The first-order chi connectivity index (χ1) is 11.0. The summed E-state index contributed by atoms with van der Waals surface area (Å²) in [5.74, 6) is 1.19. The van der Waals surface area contributed by atoms with Crippen molar-refractivity contribution in [3.8, 4) is 0 Å². The zero-order chi connectivity index (χ0) is 16.7. The molecule has 0 saturated carbocycles. The molecule has 0 atom stereocenters. The quantitative estimate of drug-likeness (QED) is 0.714. The fourth-order valence-electron chi connectivity index (χ4n) is 3.55. The predicted octanol–water partition coefficient (Wildman–Crippen LogP) is 1.62. The van der Waals surface area contributed by atoms with E-state index in [2.05, 4.69) is 16.8 Å². The third-order valence-corrected chi connectivity index (χ3v) is 5.34. The van der Waals surface area contributed by atoms with Gasteiger partial charge in [-0.3, -0.25) is 4.79 Å². The third kappa shape index (κ3) is 6.60. The number of Topliss-reactive ketones (excluding diaryl/α,β-unsaturated/α-hetero) is 1. The number of rotatable bonds is 7. The summed E-state index contributed by atoms with van der Waals surface area (Å²) in [5, 5.41) is 0. The van der Waals surface area contributed by atoms with E-state index in [1.807, 2.05) is 4.90 Å². The molecular formula is C18H33N3O2. The van der Waals surface area contributed by atoms with Crippen molar-refractivity contribution in [3.63, 3.8) is 0 Å². The molecule has 2 fully saturated rings. The van der Waals surface area contributed by atoms with Crippen LogP contribution in [0.5, 0.6) is 0 Å². The molecule has 1 amide bonds. The molecule has 0 aromatic rings. The summed E-state index contributed by atoms with van der Waals surface area (Å²) in [7, 11) is 2.19. The summed E-state index contributed by atoms with van der Waals surface area (Å²) < 4.78 is 0. The van der Waals surface area contributed by atoms with Crippen molar-refractivity contribution < 1.29 is 9.59 Å². The van der Waals surface area contributed by atoms with Crippen LogP contribution in [0.15, 0.2) is 0 Å². The van der Waals surface area contributed by atoms with Gasteiger partial charge < -0.3 is 19.5 Å². The summed E-state index contributed by atoms with van der Waals surface area (Å²) >= 11 is 0. The van der Waals surface area contributed by atoms with E-state index in [4.69, 9.17) is 0 Å². The Morgan fingerprint density at radius 3 is 2.22 bits per heavy atom. The summed E-state index contributed by atoms with van der Waals surface area (Å²) in [4.78, 5) is 30.0. The van der Waals surface area contributed by atoms with Gasteiger partial charge in [-0.05, 0) is 52.1 Å². The monoisotopic (exact) mass is 323 g/mol. The van der Waals surface area contributed by atoms with Gasteiger partial charge in [-0.25, -0.2) is 0 Å². The number of likely N-dealkylation sites (tertiary alicyclic amines) is 1. The lowest BCUT2D eigenvalue weighted by Crippen LogP contribution is -2.45. The fourth-order valence-corrected chi connectivity index (χ4v) is 3.55. The molecule has 132 valence electrons. The molecule has 0 aromatic carbocycles. The maximum Gasteiger partial charge on any atom is 0.222 e. The van der Waals surface area contributed by atoms with Crippen LogP contribution in [0.1, 0.15) is 45.4 Å². The van der Waals surface area contributed by atoms with E-state index in [1.54, 1.807) is 6.92 Å². The van der Waals surface area contributed by atoms with Gasteiger partial charge in [0, 0.05) is 52.1 Å². The SMILES string of the molecule is CC(=O)CCCC(=O)N1CCC(CCN2CCN(C)CC2)CC1. The molecule has 2 rings (SSSR count). The predicted molar refractivity (Wildman–Crippen MR) is 92.4 cm³/mol. The Kier molecular flexibility index (Phi) is 7.50. The summed E-state index contributed by atoms with van der Waals surface area (Å²) in [6.07, 6.45) is 5.34. The molecule has 0 radical (unpaired) electrons. The number of hydrogen-bond donors (Lipinski definition) is 0. The first-order valence-electron chi connectivity index (χ1n) is 9.22. The van der Waals surface area contributed by atoms with Crippen molar-refractivity contribution in [2.45, 2.75) is 45.4 Å². The van der Waals surface area contributed by atoms with Crippen molar-refractivity contribution >= 4 is 11.7 Å². The lowest BCUT2D eigenvalue weighted by molar-refractivity contribution is -0.132. The fraction of sp³-hybridized carbons (Fsp3) is 0.889. The highest BCUT2D eigenvalue weighted by Gasteiger charge is 2.23. The van der Waals surface area contributed by atoms with Gasteiger partial charge in [0.05, 0.1) is 0 Å². The average molecular weight is 323 g/mol. The van der Waals surface area contributed by atoms with Crippen LogP contribution in [0.25, 0.3) is 0 Å². The Morgan fingerprint density at radius 2 is 1.61 bits per heavy atom. The number of nitrogens with zero attached hydrogens (tertiary/aromatic N) is 3. The van der Waals surface area contributed by atoms with Gasteiger partial charge in [-0.2, -0.15) is 0 Å². The van der Waals surface area contributed by atoms with E-state index >= 15 is 0 Å². The number of ketones is 1. The number of piperazine rings is 1. The maximum atomic E-state index is 12.1. The van der Waals surface area contributed by atoms with Crippen molar-refractivity contribution in [2.24, 2.45) is 5.92 Å². The molecule has 0 aromatic heterocycles. The minimum Gasteiger partial charge on any atom is -0.343 e. The van der Waals surface area contributed by atoms with Crippen LogP contribution in [-0.2, 0) is 9.59 Å². The van der Waals surface area contributed by atoms with Crippen LogP contribution in [-0.4, -0.2) is 79.3 Å². The normalized spacial score (nSPS) is 21.6. The molecule has 2 heterocycles. The van der Waals surface area contributed by atoms with Gasteiger partial charge in [0.1, 0.15) is 5.78 Å². The smallest absolute Gasteiger partial charge is 0.222 e. The summed E-state index contributed by atoms with van der Waals surface area (Å²) in [6, 6.07) is 0. The number of piperidine rings is 1. The van der Waals surface area contributed by atoms with E-state index in [9.17, 15) is 9.59 Å². The minimum absolute atomic E-state index is 0.181. The van der Waals surface area contributed by atoms with E-state index in [1.165, 1.54) is 39.1 Å². The van der Waals surface area contributed by atoms with E-state index < -0.39 is 0 Å². The van der Waals surface area contributed by atoms with Crippen LogP contribution in [0, 0.1) is 5.92 Å².